The van der Waals surface area contributed by atoms with Gasteiger partial charge in [-0.2, -0.15) is 0 Å². The van der Waals surface area contributed by atoms with Gasteiger partial charge in [-0.25, -0.2) is 15.4 Å². The predicted molar refractivity (Wildman–Crippen MR) is 116 cm³/mol. The molecule has 0 spiro atoms. The Labute approximate surface area is 179 Å². The first-order valence-corrected chi connectivity index (χ1v) is 10.4. The van der Waals surface area contributed by atoms with Crippen LogP contribution in [0.15, 0.2) is 30.6 Å². The Morgan fingerprint density at radius 3 is 2.67 bits per heavy atom. The predicted octanol–water partition coefficient (Wildman–Crippen LogP) is 3.59. The summed E-state index contributed by atoms with van der Waals surface area (Å²) in [4.78, 5) is 24.3. The van der Waals surface area contributed by atoms with Crippen molar-refractivity contribution in [3.8, 4) is 0 Å². The summed E-state index contributed by atoms with van der Waals surface area (Å²) in [5, 5.41) is 17.2. The van der Waals surface area contributed by atoms with Crippen molar-refractivity contribution in [3.63, 3.8) is 0 Å². The summed E-state index contributed by atoms with van der Waals surface area (Å²) < 4.78 is 0. The Morgan fingerprint density at radius 1 is 1.10 bits per heavy atom. The number of hydrogen-bond donors (Lipinski definition) is 4. The first-order chi connectivity index (χ1) is 14.7. The molecular weight excluding hydrogens is 404 g/mol. The van der Waals surface area contributed by atoms with Crippen LogP contribution < -0.4 is 16.1 Å². The minimum Gasteiger partial charge on any atom is -0.384 e. The molecule has 0 fully saturated rings. The number of aryl methyl sites for hydroxylation is 1. The lowest BCUT2D eigenvalue weighted by Crippen LogP contribution is -2.19. The molecule has 8 nitrogen and oxygen atoms in total. The molecule has 0 bridgehead atoms. The van der Waals surface area contributed by atoms with E-state index < -0.39 is 5.91 Å². The van der Waals surface area contributed by atoms with Gasteiger partial charge in [-0.3, -0.25) is 15.0 Å². The number of anilines is 2. The average molecular weight is 427 g/mol. The Hall–Kier alpha value is -2.97. The van der Waals surface area contributed by atoms with Gasteiger partial charge in [-0.1, -0.05) is 11.6 Å². The van der Waals surface area contributed by atoms with Gasteiger partial charge in [0.25, 0.3) is 5.91 Å². The fourth-order valence-corrected chi connectivity index (χ4v) is 3.87. The van der Waals surface area contributed by atoms with Crippen LogP contribution in [0.3, 0.4) is 0 Å². The third-order valence-corrected chi connectivity index (χ3v) is 5.41. The summed E-state index contributed by atoms with van der Waals surface area (Å²) in [6.45, 7) is 1.46. The van der Waals surface area contributed by atoms with Gasteiger partial charge in [-0.05, 0) is 55.9 Å². The van der Waals surface area contributed by atoms with E-state index in [2.05, 4.69) is 20.6 Å². The van der Waals surface area contributed by atoms with Gasteiger partial charge in [-0.15, -0.1) is 0 Å². The second-order valence-corrected chi connectivity index (χ2v) is 7.66. The SMILES string of the molecule is O=C(NO)c1cnc(NCCCNc2c3c(nc4cc(Cl)ccc24)CCCC3)nc1. The molecule has 30 heavy (non-hydrogen) atoms. The largest absolute Gasteiger partial charge is 0.384 e. The molecule has 0 saturated heterocycles. The van der Waals surface area contributed by atoms with Crippen LogP contribution >= 0.6 is 11.6 Å². The number of benzene rings is 1. The van der Waals surface area contributed by atoms with Crippen molar-refractivity contribution < 1.29 is 10.0 Å². The van der Waals surface area contributed by atoms with E-state index in [1.807, 2.05) is 18.2 Å². The number of hydroxylamine groups is 1. The van der Waals surface area contributed by atoms with E-state index in [4.69, 9.17) is 21.8 Å². The normalized spacial score (nSPS) is 13.0. The number of carbonyl (C=O) groups is 1. The van der Waals surface area contributed by atoms with Gasteiger partial charge < -0.3 is 10.6 Å². The summed E-state index contributed by atoms with van der Waals surface area (Å²) in [7, 11) is 0. The zero-order chi connectivity index (χ0) is 20.9. The van der Waals surface area contributed by atoms with E-state index in [-0.39, 0.29) is 5.56 Å². The standard InChI is InChI=1S/C21H23ClN6O2/c22-14-6-7-16-18(10-14)27-17-5-2-1-4-15(17)19(16)23-8-3-9-24-21-25-11-13(12-26-21)20(29)28-30/h6-7,10-12,30H,1-5,8-9H2,(H,23,27)(H,28,29)(H,24,25,26). The first-order valence-electron chi connectivity index (χ1n) is 10.0. The minimum atomic E-state index is -0.639. The van der Waals surface area contributed by atoms with E-state index in [0.717, 1.165) is 36.7 Å². The molecule has 0 atom stereocenters. The molecule has 4 N–H and O–H groups in total. The molecular formula is C21H23ClN6O2. The van der Waals surface area contributed by atoms with Gasteiger partial charge in [0, 0.05) is 47.3 Å². The van der Waals surface area contributed by atoms with Crippen molar-refractivity contribution >= 4 is 40.0 Å². The van der Waals surface area contributed by atoms with Crippen LogP contribution in [-0.2, 0) is 12.8 Å². The fourth-order valence-electron chi connectivity index (χ4n) is 3.70. The maximum atomic E-state index is 11.3. The summed E-state index contributed by atoms with van der Waals surface area (Å²) >= 11 is 6.18. The third kappa shape index (κ3) is 4.44. The lowest BCUT2D eigenvalue weighted by molar-refractivity contribution is 0.0705. The molecule has 0 saturated carbocycles. The molecule has 0 unspecified atom stereocenters. The second kappa shape index (κ2) is 9.23. The van der Waals surface area contributed by atoms with Crippen LogP contribution in [0, 0.1) is 0 Å². The lowest BCUT2D eigenvalue weighted by atomic mass is 9.92. The van der Waals surface area contributed by atoms with Gasteiger partial charge in [0.15, 0.2) is 0 Å². The summed E-state index contributed by atoms with van der Waals surface area (Å²) in [6.07, 6.45) is 7.99. The summed E-state index contributed by atoms with van der Waals surface area (Å²) in [6, 6.07) is 5.88. The van der Waals surface area contributed by atoms with Crippen molar-refractivity contribution in [3.05, 3.63) is 52.4 Å². The fraction of sp³-hybridized carbons (Fsp3) is 0.333. The van der Waals surface area contributed by atoms with Crippen molar-refractivity contribution in [1.82, 2.24) is 20.4 Å². The highest BCUT2D eigenvalue weighted by Crippen LogP contribution is 2.34. The van der Waals surface area contributed by atoms with Crippen LogP contribution in [0.5, 0.6) is 0 Å². The zero-order valence-corrected chi connectivity index (χ0v) is 17.2. The molecule has 4 rings (SSSR count). The number of nitrogens with zero attached hydrogens (tertiary/aromatic N) is 3. The summed E-state index contributed by atoms with van der Waals surface area (Å²) in [5.41, 5.74) is 6.35. The maximum Gasteiger partial charge on any atom is 0.277 e. The smallest absolute Gasteiger partial charge is 0.277 e. The Kier molecular flexibility index (Phi) is 6.25. The first kappa shape index (κ1) is 20.3. The topological polar surface area (TPSA) is 112 Å². The van der Waals surface area contributed by atoms with Crippen molar-refractivity contribution in [2.75, 3.05) is 23.7 Å². The van der Waals surface area contributed by atoms with Gasteiger partial charge in [0.2, 0.25) is 5.95 Å². The van der Waals surface area contributed by atoms with Crippen LogP contribution in [0.2, 0.25) is 5.02 Å². The van der Waals surface area contributed by atoms with E-state index in [0.29, 0.717) is 17.5 Å². The highest BCUT2D eigenvalue weighted by molar-refractivity contribution is 6.31. The Balaban J connectivity index is 1.39. The van der Waals surface area contributed by atoms with Crippen molar-refractivity contribution in [1.29, 1.82) is 0 Å². The average Bonchev–Trinajstić information content (AvgIpc) is 2.78. The van der Waals surface area contributed by atoms with Crippen molar-refractivity contribution in [2.24, 2.45) is 0 Å². The van der Waals surface area contributed by atoms with Gasteiger partial charge >= 0.3 is 0 Å². The molecule has 2 heterocycles. The lowest BCUT2D eigenvalue weighted by Gasteiger charge is -2.22. The van der Waals surface area contributed by atoms with Crippen molar-refractivity contribution in [2.45, 2.75) is 32.1 Å². The van der Waals surface area contributed by atoms with E-state index >= 15 is 0 Å². The van der Waals surface area contributed by atoms with Gasteiger partial charge in [0.05, 0.1) is 11.1 Å². The number of nitrogens with one attached hydrogen (secondary N) is 3. The highest BCUT2D eigenvalue weighted by Gasteiger charge is 2.18. The number of halogens is 1. The Morgan fingerprint density at radius 2 is 1.87 bits per heavy atom. The Bertz CT molecular complexity index is 1060. The zero-order valence-electron chi connectivity index (χ0n) is 16.4. The molecule has 0 aliphatic heterocycles. The van der Waals surface area contributed by atoms with Crippen LogP contribution in [0.4, 0.5) is 11.6 Å². The number of carbonyl (C=O) groups excluding carboxylic acids is 1. The van der Waals surface area contributed by atoms with E-state index in [9.17, 15) is 4.79 Å². The monoisotopic (exact) mass is 426 g/mol. The summed E-state index contributed by atoms with van der Waals surface area (Å²) in [5.74, 6) is -0.203. The molecule has 2 aromatic heterocycles. The number of pyridine rings is 1. The third-order valence-electron chi connectivity index (χ3n) is 5.18. The highest BCUT2D eigenvalue weighted by atomic mass is 35.5. The van der Waals surface area contributed by atoms with Crippen LogP contribution in [0.1, 0.15) is 40.9 Å². The minimum absolute atomic E-state index is 0.194. The van der Waals surface area contributed by atoms with E-state index in [1.54, 1.807) is 5.48 Å². The van der Waals surface area contributed by atoms with Gasteiger partial charge in [0.1, 0.15) is 0 Å². The van der Waals surface area contributed by atoms with Crippen LogP contribution in [-0.4, -0.2) is 39.2 Å². The molecule has 1 aliphatic carbocycles. The molecule has 1 aromatic carbocycles. The molecule has 0 radical (unpaired) electrons. The quantitative estimate of drug-likeness (QED) is 0.259. The molecule has 1 amide bonds. The molecule has 3 aromatic rings. The number of hydrogen-bond acceptors (Lipinski definition) is 7. The number of aromatic nitrogens is 3. The second-order valence-electron chi connectivity index (χ2n) is 7.22. The number of rotatable bonds is 7. The maximum absolute atomic E-state index is 11.3. The molecule has 1 aliphatic rings. The number of amides is 1. The number of fused-ring (bicyclic) bond motifs is 2. The van der Waals surface area contributed by atoms with E-state index in [1.165, 1.54) is 42.2 Å². The van der Waals surface area contributed by atoms with Crippen LogP contribution in [0.25, 0.3) is 10.9 Å². The molecule has 9 heteroatoms. The molecule has 156 valence electrons.